The standard InChI is InChI=1S/C18H23N3O/c1-11-12(2)19-13(3)20-18(11)21-17(15-9-16(22)10-15)14-7-5-4-6-8-14/h4-8,15-17,22H,9-10H2,1-3H3,(H,19,20,21)/t15?,16?,17-/m1/s1. The smallest absolute Gasteiger partial charge is 0.133 e. The van der Waals surface area contributed by atoms with Crippen molar-refractivity contribution in [2.75, 3.05) is 5.32 Å². The van der Waals surface area contributed by atoms with Crippen molar-refractivity contribution < 1.29 is 5.11 Å². The second-order valence-corrected chi connectivity index (χ2v) is 6.25. The van der Waals surface area contributed by atoms with Crippen LogP contribution in [-0.4, -0.2) is 21.2 Å². The van der Waals surface area contributed by atoms with E-state index in [-0.39, 0.29) is 12.1 Å². The van der Waals surface area contributed by atoms with Crippen molar-refractivity contribution in [2.45, 2.75) is 45.8 Å². The van der Waals surface area contributed by atoms with Gasteiger partial charge in [-0.05, 0) is 45.1 Å². The van der Waals surface area contributed by atoms with E-state index < -0.39 is 0 Å². The Morgan fingerprint density at radius 1 is 1.09 bits per heavy atom. The third-order valence-electron chi connectivity index (χ3n) is 4.57. The van der Waals surface area contributed by atoms with Gasteiger partial charge in [0.1, 0.15) is 11.6 Å². The monoisotopic (exact) mass is 297 g/mol. The third kappa shape index (κ3) is 2.97. The maximum atomic E-state index is 9.67. The number of aryl methyl sites for hydroxylation is 2. The molecule has 4 nitrogen and oxygen atoms in total. The molecule has 1 aliphatic rings. The molecule has 0 amide bonds. The molecule has 0 spiro atoms. The van der Waals surface area contributed by atoms with Gasteiger partial charge in [-0.3, -0.25) is 0 Å². The zero-order valence-electron chi connectivity index (χ0n) is 13.4. The molecular formula is C18H23N3O. The van der Waals surface area contributed by atoms with Gasteiger partial charge in [0.2, 0.25) is 0 Å². The highest BCUT2D eigenvalue weighted by Crippen LogP contribution is 2.40. The highest BCUT2D eigenvalue weighted by atomic mass is 16.3. The van der Waals surface area contributed by atoms with E-state index in [9.17, 15) is 5.11 Å². The van der Waals surface area contributed by atoms with Crippen LogP contribution in [-0.2, 0) is 0 Å². The fraction of sp³-hybridized carbons (Fsp3) is 0.444. The number of hydrogen-bond donors (Lipinski definition) is 2. The van der Waals surface area contributed by atoms with Crippen LogP contribution in [0.2, 0.25) is 0 Å². The summed E-state index contributed by atoms with van der Waals surface area (Å²) in [4.78, 5) is 8.99. The molecular weight excluding hydrogens is 274 g/mol. The molecule has 0 aliphatic heterocycles. The summed E-state index contributed by atoms with van der Waals surface area (Å²) in [6.07, 6.45) is 1.52. The quantitative estimate of drug-likeness (QED) is 0.909. The van der Waals surface area contributed by atoms with Crippen LogP contribution in [0.1, 0.15) is 41.5 Å². The van der Waals surface area contributed by atoms with Crippen molar-refractivity contribution in [1.29, 1.82) is 0 Å². The lowest BCUT2D eigenvalue weighted by Gasteiger charge is -2.38. The molecule has 0 bridgehead atoms. The molecule has 1 saturated carbocycles. The molecule has 1 aromatic heterocycles. The Morgan fingerprint density at radius 3 is 2.41 bits per heavy atom. The molecule has 2 N–H and O–H groups in total. The number of anilines is 1. The minimum atomic E-state index is -0.159. The van der Waals surface area contributed by atoms with Gasteiger partial charge in [-0.25, -0.2) is 9.97 Å². The lowest BCUT2D eigenvalue weighted by atomic mass is 9.75. The summed E-state index contributed by atoms with van der Waals surface area (Å²) in [6.45, 7) is 5.98. The van der Waals surface area contributed by atoms with Crippen molar-refractivity contribution in [3.8, 4) is 0 Å². The maximum Gasteiger partial charge on any atom is 0.133 e. The van der Waals surface area contributed by atoms with Gasteiger partial charge in [-0.1, -0.05) is 30.3 Å². The second-order valence-electron chi connectivity index (χ2n) is 6.25. The molecule has 116 valence electrons. The molecule has 1 heterocycles. The third-order valence-corrected chi connectivity index (χ3v) is 4.57. The molecule has 1 aliphatic carbocycles. The van der Waals surface area contributed by atoms with Crippen molar-refractivity contribution in [1.82, 2.24) is 9.97 Å². The predicted octanol–water partition coefficient (Wildman–Crippen LogP) is 3.33. The van der Waals surface area contributed by atoms with Crippen molar-refractivity contribution in [2.24, 2.45) is 5.92 Å². The Morgan fingerprint density at radius 2 is 1.77 bits per heavy atom. The number of nitrogens with one attached hydrogen (secondary N) is 1. The minimum Gasteiger partial charge on any atom is -0.393 e. The molecule has 1 aromatic carbocycles. The molecule has 1 atom stereocenters. The van der Waals surface area contributed by atoms with E-state index in [0.717, 1.165) is 35.7 Å². The van der Waals surface area contributed by atoms with Gasteiger partial charge in [0.05, 0.1) is 12.1 Å². The molecule has 1 fully saturated rings. The van der Waals surface area contributed by atoms with Crippen LogP contribution in [0.4, 0.5) is 5.82 Å². The lowest BCUT2D eigenvalue weighted by molar-refractivity contribution is 0.0339. The number of aromatic nitrogens is 2. The van der Waals surface area contributed by atoms with Crippen LogP contribution in [0.5, 0.6) is 0 Å². The van der Waals surface area contributed by atoms with E-state index in [0.29, 0.717) is 5.92 Å². The van der Waals surface area contributed by atoms with Crippen LogP contribution < -0.4 is 5.32 Å². The Hall–Kier alpha value is -1.94. The van der Waals surface area contributed by atoms with Gasteiger partial charge >= 0.3 is 0 Å². The largest absolute Gasteiger partial charge is 0.393 e. The molecule has 0 saturated heterocycles. The lowest BCUT2D eigenvalue weighted by Crippen LogP contribution is -2.36. The van der Waals surface area contributed by atoms with Crippen molar-refractivity contribution in [3.05, 3.63) is 53.0 Å². The first-order valence-electron chi connectivity index (χ1n) is 7.86. The van der Waals surface area contributed by atoms with Gasteiger partial charge < -0.3 is 10.4 Å². The summed E-state index contributed by atoms with van der Waals surface area (Å²) < 4.78 is 0. The molecule has 0 unspecified atom stereocenters. The van der Waals surface area contributed by atoms with Gasteiger partial charge in [0, 0.05) is 11.3 Å². The highest BCUT2D eigenvalue weighted by Gasteiger charge is 2.35. The Labute approximate surface area is 131 Å². The van der Waals surface area contributed by atoms with E-state index in [2.05, 4.69) is 46.5 Å². The average Bonchev–Trinajstić information content (AvgIpc) is 2.47. The van der Waals surface area contributed by atoms with Crippen molar-refractivity contribution in [3.63, 3.8) is 0 Å². The predicted molar refractivity (Wildman–Crippen MR) is 87.8 cm³/mol. The van der Waals surface area contributed by atoms with Gasteiger partial charge in [-0.2, -0.15) is 0 Å². The van der Waals surface area contributed by atoms with Crippen LogP contribution >= 0.6 is 0 Å². The summed E-state index contributed by atoms with van der Waals surface area (Å²) in [7, 11) is 0. The second kappa shape index (κ2) is 6.05. The summed E-state index contributed by atoms with van der Waals surface area (Å²) >= 11 is 0. The summed E-state index contributed by atoms with van der Waals surface area (Å²) in [6, 6.07) is 10.6. The number of nitrogens with zero attached hydrogens (tertiary/aromatic N) is 2. The van der Waals surface area contributed by atoms with E-state index in [1.165, 1.54) is 5.56 Å². The normalized spacial score (nSPS) is 22.0. The zero-order chi connectivity index (χ0) is 15.7. The Kier molecular flexibility index (Phi) is 4.12. The minimum absolute atomic E-state index is 0.159. The van der Waals surface area contributed by atoms with Gasteiger partial charge in [-0.15, -0.1) is 0 Å². The van der Waals surface area contributed by atoms with Crippen LogP contribution in [0.15, 0.2) is 30.3 Å². The zero-order valence-corrected chi connectivity index (χ0v) is 13.4. The van der Waals surface area contributed by atoms with Gasteiger partial charge in [0.15, 0.2) is 0 Å². The fourth-order valence-electron chi connectivity index (χ4n) is 3.09. The first kappa shape index (κ1) is 15.0. The van der Waals surface area contributed by atoms with Crippen LogP contribution in [0, 0.1) is 26.7 Å². The van der Waals surface area contributed by atoms with E-state index >= 15 is 0 Å². The Bertz CT molecular complexity index is 651. The van der Waals surface area contributed by atoms with Gasteiger partial charge in [0.25, 0.3) is 0 Å². The molecule has 0 radical (unpaired) electrons. The first-order chi connectivity index (χ1) is 10.5. The highest BCUT2D eigenvalue weighted by molar-refractivity contribution is 5.48. The number of aliphatic hydroxyl groups excluding tert-OH is 1. The maximum absolute atomic E-state index is 9.67. The fourth-order valence-corrected chi connectivity index (χ4v) is 3.09. The number of hydrogen-bond acceptors (Lipinski definition) is 4. The molecule has 4 heteroatoms. The summed E-state index contributed by atoms with van der Waals surface area (Å²) in [5, 5.41) is 13.3. The van der Waals surface area contributed by atoms with Crippen LogP contribution in [0.3, 0.4) is 0 Å². The summed E-state index contributed by atoms with van der Waals surface area (Å²) in [5.74, 6) is 2.12. The summed E-state index contributed by atoms with van der Waals surface area (Å²) in [5.41, 5.74) is 3.34. The SMILES string of the molecule is Cc1nc(C)c(C)c(N[C@H](c2ccccc2)C2CC(O)C2)n1. The van der Waals surface area contributed by atoms with Crippen molar-refractivity contribution >= 4 is 5.82 Å². The number of benzene rings is 1. The topological polar surface area (TPSA) is 58.0 Å². The molecule has 22 heavy (non-hydrogen) atoms. The van der Waals surface area contributed by atoms with E-state index in [1.807, 2.05) is 19.9 Å². The molecule has 2 aromatic rings. The van der Waals surface area contributed by atoms with Crippen LogP contribution in [0.25, 0.3) is 0 Å². The average molecular weight is 297 g/mol. The Balaban J connectivity index is 1.91. The van der Waals surface area contributed by atoms with E-state index in [4.69, 9.17) is 0 Å². The number of rotatable bonds is 4. The first-order valence-corrected chi connectivity index (χ1v) is 7.86. The number of aliphatic hydroxyl groups is 1. The molecule has 3 rings (SSSR count). The van der Waals surface area contributed by atoms with E-state index in [1.54, 1.807) is 0 Å².